The molecule has 0 bridgehead atoms. The summed E-state index contributed by atoms with van der Waals surface area (Å²) in [5.74, 6) is 0.0482. The Labute approximate surface area is 111 Å². The molecule has 18 heavy (non-hydrogen) atoms. The van der Waals surface area contributed by atoms with E-state index in [1.807, 2.05) is 27.7 Å². The van der Waals surface area contributed by atoms with E-state index < -0.39 is 11.0 Å². The third kappa shape index (κ3) is 3.95. The Kier molecular flexibility index (Phi) is 5.17. The van der Waals surface area contributed by atoms with E-state index in [4.69, 9.17) is 5.73 Å². The van der Waals surface area contributed by atoms with E-state index in [1.54, 1.807) is 0 Å². The summed E-state index contributed by atoms with van der Waals surface area (Å²) in [6, 6.07) is 0. The van der Waals surface area contributed by atoms with Crippen LogP contribution in [0.15, 0.2) is 0 Å². The number of carbonyl (C=O) groups excluding carboxylic acids is 1. The molecule has 0 spiro atoms. The number of likely N-dealkylation sites (tertiary alicyclic amines) is 1. The highest BCUT2D eigenvalue weighted by molar-refractivity contribution is 5.83. The number of nitrogens with zero attached hydrogens (tertiary/aromatic N) is 1. The van der Waals surface area contributed by atoms with Gasteiger partial charge in [-0.15, -0.1) is 0 Å². The molecule has 1 rings (SSSR count). The molecule has 0 aliphatic carbocycles. The fourth-order valence-corrected chi connectivity index (χ4v) is 2.02. The molecule has 1 heterocycles. The van der Waals surface area contributed by atoms with Crippen LogP contribution in [0.5, 0.6) is 0 Å². The van der Waals surface area contributed by atoms with Crippen molar-refractivity contribution in [3.8, 4) is 0 Å². The van der Waals surface area contributed by atoms with Gasteiger partial charge in [0.2, 0.25) is 5.91 Å². The van der Waals surface area contributed by atoms with Crippen molar-refractivity contribution in [3.05, 3.63) is 0 Å². The normalized spacial score (nSPS) is 18.7. The molecule has 0 unspecified atom stereocenters. The van der Waals surface area contributed by atoms with Gasteiger partial charge < -0.3 is 16.0 Å². The number of hydrogen-bond acceptors (Lipinski definition) is 3. The van der Waals surface area contributed by atoms with E-state index in [9.17, 15) is 4.79 Å². The number of piperidine rings is 1. The van der Waals surface area contributed by atoms with Crippen molar-refractivity contribution in [2.75, 3.05) is 26.2 Å². The average molecular weight is 255 g/mol. The summed E-state index contributed by atoms with van der Waals surface area (Å²) in [7, 11) is 0. The third-order valence-electron chi connectivity index (χ3n) is 4.34. The van der Waals surface area contributed by atoms with Gasteiger partial charge >= 0.3 is 0 Å². The second-order valence-electron chi connectivity index (χ2n) is 6.50. The molecule has 0 aromatic rings. The van der Waals surface area contributed by atoms with Crippen LogP contribution in [0.1, 0.15) is 47.0 Å². The first-order chi connectivity index (χ1) is 8.25. The molecule has 0 radical (unpaired) electrons. The monoisotopic (exact) mass is 255 g/mol. The molecule has 4 heteroatoms. The highest BCUT2D eigenvalue weighted by atomic mass is 16.2. The Morgan fingerprint density at radius 2 is 1.72 bits per heavy atom. The van der Waals surface area contributed by atoms with Crippen LogP contribution < -0.4 is 11.1 Å². The Balaban J connectivity index is 2.32. The van der Waals surface area contributed by atoms with E-state index in [0.717, 1.165) is 13.1 Å². The van der Waals surface area contributed by atoms with Gasteiger partial charge in [0, 0.05) is 18.6 Å². The zero-order valence-corrected chi connectivity index (χ0v) is 12.4. The maximum atomic E-state index is 12.1. The molecule has 0 aromatic heterocycles. The van der Waals surface area contributed by atoms with Crippen LogP contribution in [-0.2, 0) is 4.79 Å². The Morgan fingerprint density at radius 1 is 1.17 bits per heavy atom. The predicted molar refractivity (Wildman–Crippen MR) is 75.3 cm³/mol. The number of hydrogen-bond donors (Lipinski definition) is 2. The average Bonchev–Trinajstić information content (AvgIpc) is 2.28. The van der Waals surface area contributed by atoms with Crippen molar-refractivity contribution in [1.82, 2.24) is 10.2 Å². The van der Waals surface area contributed by atoms with Gasteiger partial charge in [-0.05, 0) is 53.6 Å². The first-order valence-corrected chi connectivity index (χ1v) is 7.05. The standard InChI is InChI=1S/C14H29N3O/c1-13(2,14(3,4)15)12(18)16-8-11-17-9-6-5-7-10-17/h5-11,15H2,1-4H3,(H,16,18). The number of carbonyl (C=O) groups is 1. The van der Waals surface area contributed by atoms with E-state index in [-0.39, 0.29) is 5.91 Å². The maximum Gasteiger partial charge on any atom is 0.227 e. The molecule has 1 amide bonds. The lowest BCUT2D eigenvalue weighted by Gasteiger charge is -2.37. The molecule has 3 N–H and O–H groups in total. The van der Waals surface area contributed by atoms with Crippen molar-refractivity contribution >= 4 is 5.91 Å². The predicted octanol–water partition coefficient (Wildman–Crippen LogP) is 1.35. The van der Waals surface area contributed by atoms with Crippen LogP contribution in [0.2, 0.25) is 0 Å². The highest BCUT2D eigenvalue weighted by Crippen LogP contribution is 2.28. The van der Waals surface area contributed by atoms with Gasteiger partial charge in [0.25, 0.3) is 0 Å². The first kappa shape index (κ1) is 15.4. The Hall–Kier alpha value is -0.610. The summed E-state index contributed by atoms with van der Waals surface area (Å²) in [5.41, 5.74) is 5.00. The van der Waals surface area contributed by atoms with Crippen LogP contribution in [0, 0.1) is 5.41 Å². The van der Waals surface area contributed by atoms with Gasteiger partial charge in [0.15, 0.2) is 0 Å². The van der Waals surface area contributed by atoms with Gasteiger partial charge in [-0.3, -0.25) is 4.79 Å². The fourth-order valence-electron chi connectivity index (χ4n) is 2.02. The molecule has 1 aliphatic rings. The Morgan fingerprint density at radius 3 is 2.22 bits per heavy atom. The molecule has 1 aliphatic heterocycles. The van der Waals surface area contributed by atoms with Crippen LogP contribution in [0.4, 0.5) is 0 Å². The summed E-state index contributed by atoms with van der Waals surface area (Å²) in [6.45, 7) is 11.6. The zero-order chi connectivity index (χ0) is 13.8. The largest absolute Gasteiger partial charge is 0.354 e. The summed E-state index contributed by atoms with van der Waals surface area (Å²) < 4.78 is 0. The molecule has 0 saturated carbocycles. The van der Waals surface area contributed by atoms with Gasteiger partial charge in [-0.25, -0.2) is 0 Å². The topological polar surface area (TPSA) is 58.4 Å². The molecule has 1 fully saturated rings. The number of rotatable bonds is 5. The Bertz CT molecular complexity index is 275. The van der Waals surface area contributed by atoms with Gasteiger partial charge in [0.05, 0.1) is 5.41 Å². The number of amides is 1. The highest BCUT2D eigenvalue weighted by Gasteiger charge is 2.40. The van der Waals surface area contributed by atoms with Crippen molar-refractivity contribution in [1.29, 1.82) is 0 Å². The fraction of sp³-hybridized carbons (Fsp3) is 0.929. The van der Waals surface area contributed by atoms with Gasteiger partial charge in [0.1, 0.15) is 0 Å². The molecule has 0 aromatic carbocycles. The maximum absolute atomic E-state index is 12.1. The first-order valence-electron chi connectivity index (χ1n) is 7.05. The quantitative estimate of drug-likeness (QED) is 0.779. The molecule has 0 atom stereocenters. The lowest BCUT2D eigenvalue weighted by atomic mass is 9.74. The van der Waals surface area contributed by atoms with Crippen molar-refractivity contribution < 1.29 is 4.79 Å². The number of nitrogens with two attached hydrogens (primary N) is 1. The van der Waals surface area contributed by atoms with E-state index in [2.05, 4.69) is 10.2 Å². The minimum Gasteiger partial charge on any atom is -0.354 e. The zero-order valence-electron chi connectivity index (χ0n) is 12.4. The second-order valence-corrected chi connectivity index (χ2v) is 6.50. The molecular weight excluding hydrogens is 226 g/mol. The molecule has 1 saturated heterocycles. The van der Waals surface area contributed by atoms with Crippen LogP contribution >= 0.6 is 0 Å². The molecular formula is C14H29N3O. The second kappa shape index (κ2) is 6.02. The minimum atomic E-state index is -0.547. The van der Waals surface area contributed by atoms with E-state index in [1.165, 1.54) is 32.4 Å². The lowest BCUT2D eigenvalue weighted by molar-refractivity contribution is -0.132. The number of nitrogens with one attached hydrogen (secondary N) is 1. The summed E-state index contributed by atoms with van der Waals surface area (Å²) in [5, 5.41) is 3.02. The van der Waals surface area contributed by atoms with Crippen molar-refractivity contribution in [2.24, 2.45) is 11.1 Å². The van der Waals surface area contributed by atoms with Gasteiger partial charge in [-0.1, -0.05) is 6.42 Å². The summed E-state index contributed by atoms with van der Waals surface area (Å²) in [6.07, 6.45) is 3.92. The van der Waals surface area contributed by atoms with E-state index in [0.29, 0.717) is 0 Å². The SMILES string of the molecule is CC(C)(N)C(C)(C)C(=O)NCCN1CCCCC1. The van der Waals surface area contributed by atoms with Crippen molar-refractivity contribution in [2.45, 2.75) is 52.5 Å². The van der Waals surface area contributed by atoms with Crippen molar-refractivity contribution in [3.63, 3.8) is 0 Å². The van der Waals surface area contributed by atoms with Crippen LogP contribution in [0.3, 0.4) is 0 Å². The summed E-state index contributed by atoms with van der Waals surface area (Å²) in [4.78, 5) is 14.6. The van der Waals surface area contributed by atoms with E-state index >= 15 is 0 Å². The summed E-state index contributed by atoms with van der Waals surface area (Å²) >= 11 is 0. The minimum absolute atomic E-state index is 0.0482. The molecule has 106 valence electrons. The lowest BCUT2D eigenvalue weighted by Crippen LogP contribution is -2.56. The third-order valence-corrected chi connectivity index (χ3v) is 4.34. The van der Waals surface area contributed by atoms with Crippen LogP contribution in [-0.4, -0.2) is 42.5 Å². The van der Waals surface area contributed by atoms with Crippen LogP contribution in [0.25, 0.3) is 0 Å². The van der Waals surface area contributed by atoms with Gasteiger partial charge in [-0.2, -0.15) is 0 Å². The smallest absolute Gasteiger partial charge is 0.227 e. The molecule has 4 nitrogen and oxygen atoms in total.